The van der Waals surface area contributed by atoms with Crippen LogP contribution in [0, 0.1) is 6.92 Å². The smallest absolute Gasteiger partial charge is 0.257 e. The summed E-state index contributed by atoms with van der Waals surface area (Å²) in [4.78, 5) is 39.9. The van der Waals surface area contributed by atoms with E-state index >= 15 is 0 Å². The number of carbonyl (C=O) groups excluding carboxylic acids is 2. The molecule has 146 valence electrons. The van der Waals surface area contributed by atoms with Gasteiger partial charge in [-0.15, -0.1) is 0 Å². The van der Waals surface area contributed by atoms with Crippen LogP contribution in [0.3, 0.4) is 0 Å². The SMILES string of the molecule is Cc1ccc(NC(=O)CN2CCCc3nc(-c4ccncc4)ncc3C2=O)cc1. The highest BCUT2D eigenvalue weighted by molar-refractivity contribution is 6.00. The summed E-state index contributed by atoms with van der Waals surface area (Å²) in [5.41, 5.74) is 3.87. The number of carbonyl (C=O) groups is 2. The van der Waals surface area contributed by atoms with Crippen molar-refractivity contribution in [3.8, 4) is 11.4 Å². The van der Waals surface area contributed by atoms with Crippen molar-refractivity contribution in [2.75, 3.05) is 18.4 Å². The number of fused-ring (bicyclic) bond motifs is 1. The minimum atomic E-state index is -0.222. The van der Waals surface area contributed by atoms with Gasteiger partial charge in [0.05, 0.1) is 11.3 Å². The number of rotatable bonds is 4. The molecule has 1 aliphatic rings. The molecule has 7 nitrogen and oxygen atoms in total. The molecular weight excluding hydrogens is 366 g/mol. The van der Waals surface area contributed by atoms with Gasteiger partial charge in [-0.05, 0) is 44.0 Å². The second-order valence-corrected chi connectivity index (χ2v) is 7.03. The zero-order valence-electron chi connectivity index (χ0n) is 16.1. The van der Waals surface area contributed by atoms with E-state index in [1.165, 1.54) is 0 Å². The predicted octanol–water partition coefficient (Wildman–Crippen LogP) is 2.87. The number of amides is 2. The molecule has 1 aliphatic heterocycles. The lowest BCUT2D eigenvalue weighted by atomic mass is 10.1. The summed E-state index contributed by atoms with van der Waals surface area (Å²) in [7, 11) is 0. The Morgan fingerprint density at radius 1 is 1.14 bits per heavy atom. The number of nitrogens with one attached hydrogen (secondary N) is 1. The molecule has 0 radical (unpaired) electrons. The fraction of sp³-hybridized carbons (Fsp3) is 0.227. The molecule has 3 aromatic rings. The number of hydrogen-bond donors (Lipinski definition) is 1. The normalized spacial score (nSPS) is 13.6. The summed E-state index contributed by atoms with van der Waals surface area (Å²) in [6.45, 7) is 2.49. The largest absolute Gasteiger partial charge is 0.329 e. The molecule has 0 aliphatic carbocycles. The fourth-order valence-corrected chi connectivity index (χ4v) is 3.30. The van der Waals surface area contributed by atoms with Gasteiger partial charge in [-0.2, -0.15) is 0 Å². The van der Waals surface area contributed by atoms with Crippen molar-refractivity contribution >= 4 is 17.5 Å². The van der Waals surface area contributed by atoms with Crippen molar-refractivity contribution in [2.24, 2.45) is 0 Å². The highest BCUT2D eigenvalue weighted by Crippen LogP contribution is 2.20. The minimum Gasteiger partial charge on any atom is -0.329 e. The lowest BCUT2D eigenvalue weighted by Crippen LogP contribution is -2.38. The first-order valence-electron chi connectivity index (χ1n) is 9.52. The number of benzene rings is 1. The molecule has 1 aromatic carbocycles. The summed E-state index contributed by atoms with van der Waals surface area (Å²) < 4.78 is 0. The molecule has 0 atom stereocenters. The van der Waals surface area contributed by atoms with Crippen LogP contribution < -0.4 is 5.32 Å². The summed E-state index contributed by atoms with van der Waals surface area (Å²) >= 11 is 0. The van der Waals surface area contributed by atoms with Gasteiger partial charge >= 0.3 is 0 Å². The molecule has 29 heavy (non-hydrogen) atoms. The molecule has 3 heterocycles. The molecule has 0 bridgehead atoms. The van der Waals surface area contributed by atoms with Gasteiger partial charge in [0, 0.05) is 36.4 Å². The van der Waals surface area contributed by atoms with Crippen molar-refractivity contribution in [1.82, 2.24) is 19.9 Å². The van der Waals surface area contributed by atoms with E-state index in [0.717, 1.165) is 23.2 Å². The minimum absolute atomic E-state index is 0.00173. The van der Waals surface area contributed by atoms with E-state index in [4.69, 9.17) is 0 Å². The number of aryl methyl sites for hydroxylation is 2. The van der Waals surface area contributed by atoms with Crippen LogP contribution in [0.5, 0.6) is 0 Å². The average molecular weight is 387 g/mol. The predicted molar refractivity (Wildman–Crippen MR) is 109 cm³/mol. The summed E-state index contributed by atoms with van der Waals surface area (Å²) in [6.07, 6.45) is 6.34. The van der Waals surface area contributed by atoms with Gasteiger partial charge < -0.3 is 10.2 Å². The molecule has 1 N–H and O–H groups in total. The Morgan fingerprint density at radius 2 is 1.90 bits per heavy atom. The highest BCUT2D eigenvalue weighted by atomic mass is 16.2. The number of hydrogen-bond acceptors (Lipinski definition) is 5. The van der Waals surface area contributed by atoms with Crippen molar-refractivity contribution in [3.63, 3.8) is 0 Å². The van der Waals surface area contributed by atoms with Gasteiger partial charge in [0.15, 0.2) is 5.82 Å². The average Bonchev–Trinajstić information content (AvgIpc) is 2.89. The van der Waals surface area contributed by atoms with Gasteiger partial charge in [-0.3, -0.25) is 14.6 Å². The van der Waals surface area contributed by atoms with E-state index in [1.54, 1.807) is 23.5 Å². The van der Waals surface area contributed by atoms with Crippen molar-refractivity contribution in [1.29, 1.82) is 0 Å². The van der Waals surface area contributed by atoms with Crippen LogP contribution in [0.2, 0.25) is 0 Å². The molecule has 2 amide bonds. The van der Waals surface area contributed by atoms with E-state index in [9.17, 15) is 9.59 Å². The molecule has 7 heteroatoms. The van der Waals surface area contributed by atoms with Crippen molar-refractivity contribution in [3.05, 3.63) is 71.8 Å². The topological polar surface area (TPSA) is 88.1 Å². The summed E-state index contributed by atoms with van der Waals surface area (Å²) in [6, 6.07) is 11.2. The molecule has 0 saturated heterocycles. The Kier molecular flexibility index (Phi) is 5.29. The third-order valence-corrected chi connectivity index (χ3v) is 4.84. The van der Waals surface area contributed by atoms with Gasteiger partial charge in [0.2, 0.25) is 5.91 Å². The second-order valence-electron chi connectivity index (χ2n) is 7.03. The third-order valence-electron chi connectivity index (χ3n) is 4.84. The van der Waals surface area contributed by atoms with E-state index in [1.807, 2.05) is 43.3 Å². The molecule has 2 aromatic heterocycles. The van der Waals surface area contributed by atoms with Crippen LogP contribution in [-0.4, -0.2) is 44.8 Å². The molecule has 0 spiro atoms. The van der Waals surface area contributed by atoms with Crippen LogP contribution in [0.4, 0.5) is 5.69 Å². The van der Waals surface area contributed by atoms with E-state index in [-0.39, 0.29) is 18.4 Å². The Balaban J connectivity index is 1.49. The van der Waals surface area contributed by atoms with E-state index in [2.05, 4.69) is 20.3 Å². The van der Waals surface area contributed by atoms with Crippen molar-refractivity contribution in [2.45, 2.75) is 19.8 Å². The van der Waals surface area contributed by atoms with Gasteiger partial charge in [0.25, 0.3) is 5.91 Å². The van der Waals surface area contributed by atoms with E-state index in [0.29, 0.717) is 30.0 Å². The van der Waals surface area contributed by atoms with E-state index < -0.39 is 0 Å². The van der Waals surface area contributed by atoms with Gasteiger partial charge in [-0.25, -0.2) is 9.97 Å². The zero-order chi connectivity index (χ0) is 20.2. The van der Waals surface area contributed by atoms with Crippen LogP contribution in [0.15, 0.2) is 55.0 Å². The Morgan fingerprint density at radius 3 is 2.66 bits per heavy atom. The molecular formula is C22H21N5O2. The Bertz CT molecular complexity index is 1030. The van der Waals surface area contributed by atoms with Crippen LogP contribution in [0.25, 0.3) is 11.4 Å². The second kappa shape index (κ2) is 8.18. The summed E-state index contributed by atoms with van der Waals surface area (Å²) in [5, 5.41) is 2.84. The Hall–Kier alpha value is -3.61. The first kappa shape index (κ1) is 18.7. The first-order chi connectivity index (χ1) is 14.1. The van der Waals surface area contributed by atoms with Crippen LogP contribution in [-0.2, 0) is 11.2 Å². The number of aromatic nitrogens is 3. The first-order valence-corrected chi connectivity index (χ1v) is 9.52. The highest BCUT2D eigenvalue weighted by Gasteiger charge is 2.26. The third kappa shape index (κ3) is 4.29. The zero-order valence-corrected chi connectivity index (χ0v) is 16.1. The van der Waals surface area contributed by atoms with Crippen LogP contribution >= 0.6 is 0 Å². The molecule has 4 rings (SSSR count). The maximum absolute atomic E-state index is 13.0. The lowest BCUT2D eigenvalue weighted by molar-refractivity contribution is -0.116. The monoisotopic (exact) mass is 387 g/mol. The lowest BCUT2D eigenvalue weighted by Gasteiger charge is -2.20. The number of pyridine rings is 1. The van der Waals surface area contributed by atoms with Crippen molar-refractivity contribution < 1.29 is 9.59 Å². The molecule has 0 saturated carbocycles. The number of anilines is 1. The maximum atomic E-state index is 13.0. The molecule has 0 unspecified atom stereocenters. The van der Waals surface area contributed by atoms with Gasteiger partial charge in [-0.1, -0.05) is 17.7 Å². The standard InChI is InChI=1S/C22H21N5O2/c1-15-4-6-17(7-5-15)25-20(28)14-27-12-2-3-19-18(22(27)29)13-24-21(26-19)16-8-10-23-11-9-16/h4-11,13H,2-3,12,14H2,1H3,(H,25,28). The summed E-state index contributed by atoms with van der Waals surface area (Å²) in [5.74, 6) is 0.141. The van der Waals surface area contributed by atoms with Gasteiger partial charge in [0.1, 0.15) is 6.54 Å². The van der Waals surface area contributed by atoms with Crippen LogP contribution in [0.1, 0.15) is 28.0 Å². The Labute approximate surface area is 168 Å². The quantitative estimate of drug-likeness (QED) is 0.744. The maximum Gasteiger partial charge on any atom is 0.257 e. The molecule has 0 fully saturated rings. The fourth-order valence-electron chi connectivity index (χ4n) is 3.30. The number of nitrogens with zero attached hydrogens (tertiary/aromatic N) is 4.